The molecule has 0 N–H and O–H groups in total. The summed E-state index contributed by atoms with van der Waals surface area (Å²) in [6.07, 6.45) is -4.42. The van der Waals surface area contributed by atoms with Crippen LogP contribution in [0.4, 0.5) is 30.2 Å². The third-order valence-corrected chi connectivity index (χ3v) is 14.2. The molecule has 0 aliphatic rings. The summed E-state index contributed by atoms with van der Waals surface area (Å²) in [5.41, 5.74) is 13.9. The molecule has 0 fully saturated rings. The predicted octanol–water partition coefficient (Wildman–Crippen LogP) is 19.4. The van der Waals surface area contributed by atoms with Crippen LogP contribution in [0, 0.1) is 0 Å². The fraction of sp³-hybridized carbons (Fsp3) is 0.0149. The van der Waals surface area contributed by atoms with Gasteiger partial charge in [0.15, 0.2) is 0 Å². The Morgan fingerprint density at radius 1 is 0.306 bits per heavy atom. The lowest BCUT2D eigenvalue weighted by atomic mass is 9.86. The summed E-state index contributed by atoms with van der Waals surface area (Å²) in [4.78, 5) is 2.32. The average molecular weight is 933 g/mol. The summed E-state index contributed by atoms with van der Waals surface area (Å²) < 4.78 is 43.2. The van der Waals surface area contributed by atoms with Crippen molar-refractivity contribution in [2.75, 3.05) is 4.90 Å². The monoisotopic (exact) mass is 932 g/mol. The summed E-state index contributed by atoms with van der Waals surface area (Å²) >= 11 is 0. The Morgan fingerprint density at radius 3 is 1.35 bits per heavy atom. The fourth-order valence-corrected chi connectivity index (χ4v) is 10.9. The zero-order valence-corrected chi connectivity index (χ0v) is 38.9. The molecule has 0 amide bonds. The zero-order valence-electron chi connectivity index (χ0n) is 38.9. The highest BCUT2D eigenvalue weighted by atomic mass is 19.4. The molecule has 0 spiro atoms. The lowest BCUT2D eigenvalue weighted by Crippen LogP contribution is -2.10. The second-order valence-electron chi connectivity index (χ2n) is 18.3. The number of fused-ring (bicyclic) bond motifs is 6. The quantitative estimate of drug-likeness (QED) is 0.138. The average Bonchev–Trinajstić information content (AvgIpc) is 3.76. The fourth-order valence-electron chi connectivity index (χ4n) is 10.9. The van der Waals surface area contributed by atoms with Gasteiger partial charge in [-0.25, -0.2) is 0 Å². The van der Waals surface area contributed by atoms with Crippen molar-refractivity contribution in [1.82, 2.24) is 4.57 Å². The third-order valence-electron chi connectivity index (χ3n) is 14.2. The van der Waals surface area contributed by atoms with Gasteiger partial charge in [0.05, 0.1) is 16.6 Å². The summed E-state index contributed by atoms with van der Waals surface area (Å²) in [5.74, 6) is 0. The van der Waals surface area contributed by atoms with Crippen LogP contribution in [0.25, 0.3) is 104 Å². The first-order valence-corrected chi connectivity index (χ1v) is 24.1. The zero-order chi connectivity index (χ0) is 48.3. The van der Waals surface area contributed by atoms with Gasteiger partial charge in [0.2, 0.25) is 0 Å². The van der Waals surface area contributed by atoms with Crippen LogP contribution in [0.2, 0.25) is 0 Å². The van der Waals surface area contributed by atoms with Crippen LogP contribution >= 0.6 is 0 Å². The molecular formula is C67H43F3N2. The topological polar surface area (TPSA) is 8.17 Å². The van der Waals surface area contributed by atoms with E-state index in [4.69, 9.17) is 0 Å². The minimum Gasteiger partial charge on any atom is -0.310 e. The van der Waals surface area contributed by atoms with Crippen molar-refractivity contribution < 1.29 is 13.2 Å². The summed E-state index contributed by atoms with van der Waals surface area (Å²) in [7, 11) is 0. The van der Waals surface area contributed by atoms with Crippen LogP contribution in [0.15, 0.2) is 261 Å². The van der Waals surface area contributed by atoms with Gasteiger partial charge in [-0.1, -0.05) is 182 Å². The van der Waals surface area contributed by atoms with E-state index >= 15 is 0 Å². The number of rotatable bonds is 8. The Morgan fingerprint density at radius 2 is 0.750 bits per heavy atom. The normalized spacial score (nSPS) is 11.8. The van der Waals surface area contributed by atoms with Crippen molar-refractivity contribution in [3.8, 4) is 50.2 Å². The van der Waals surface area contributed by atoms with Crippen LogP contribution in [-0.4, -0.2) is 4.57 Å². The van der Waals surface area contributed by atoms with E-state index < -0.39 is 11.7 Å². The number of para-hydroxylation sites is 1. The van der Waals surface area contributed by atoms with E-state index in [1.165, 1.54) is 54.6 Å². The van der Waals surface area contributed by atoms with E-state index in [9.17, 15) is 13.2 Å². The molecule has 0 unspecified atom stereocenters. The Hall–Kier alpha value is -9.19. The number of hydrogen-bond acceptors (Lipinski definition) is 1. The van der Waals surface area contributed by atoms with Gasteiger partial charge in [0.1, 0.15) is 0 Å². The van der Waals surface area contributed by atoms with Crippen molar-refractivity contribution in [1.29, 1.82) is 0 Å². The molecule has 0 aliphatic carbocycles. The van der Waals surface area contributed by atoms with Gasteiger partial charge in [0, 0.05) is 33.5 Å². The highest BCUT2D eigenvalue weighted by molar-refractivity contribution is 6.21. The Balaban J connectivity index is 0.993. The molecule has 13 aromatic rings. The van der Waals surface area contributed by atoms with E-state index in [0.29, 0.717) is 5.56 Å². The van der Waals surface area contributed by atoms with Crippen LogP contribution in [0.5, 0.6) is 0 Å². The molecule has 2 nitrogen and oxygen atoms in total. The highest BCUT2D eigenvalue weighted by Gasteiger charge is 2.30. The van der Waals surface area contributed by atoms with Crippen molar-refractivity contribution in [3.63, 3.8) is 0 Å². The lowest BCUT2D eigenvalue weighted by molar-refractivity contribution is -0.137. The van der Waals surface area contributed by atoms with Crippen LogP contribution < -0.4 is 4.90 Å². The largest absolute Gasteiger partial charge is 0.416 e. The van der Waals surface area contributed by atoms with E-state index in [1.54, 1.807) is 12.1 Å². The summed E-state index contributed by atoms with van der Waals surface area (Å²) in [5, 5.41) is 9.21. The van der Waals surface area contributed by atoms with Gasteiger partial charge >= 0.3 is 6.18 Å². The number of alkyl halides is 3. The van der Waals surface area contributed by atoms with E-state index in [1.807, 2.05) is 24.3 Å². The van der Waals surface area contributed by atoms with Crippen LogP contribution in [-0.2, 0) is 6.18 Å². The molecule has 0 bridgehead atoms. The number of anilines is 3. The maximum absolute atomic E-state index is 13.6. The minimum absolute atomic E-state index is 0.668. The molecule has 1 aromatic heterocycles. The number of aromatic nitrogens is 1. The number of nitrogens with zero attached hydrogens (tertiary/aromatic N) is 2. The number of halogens is 3. The standard InChI is InChI=1S/C67H43F3N2/c68-67(69,70)50-33-26-44(27-34-50)49-32-40-63-61(42-49)62-43-54(39-41-64(62)72(63)51-18-5-2-6-19-51)71(52-35-28-46(29-36-52)56-25-13-17-45-14-7-8-20-55(45)56)53-37-30-48(31-38-53)66-59-23-11-9-21-57(59)65(47-15-3-1-4-16-47)58-22-10-12-24-60(58)66/h1-43H. The van der Waals surface area contributed by atoms with Gasteiger partial charge in [0.25, 0.3) is 0 Å². The molecule has 0 saturated carbocycles. The van der Waals surface area contributed by atoms with Gasteiger partial charge < -0.3 is 9.47 Å². The molecule has 0 radical (unpaired) electrons. The number of benzene rings is 12. The Kier molecular flexibility index (Phi) is 10.3. The first-order chi connectivity index (χ1) is 35.4. The second kappa shape index (κ2) is 17.3. The Labute approximate surface area is 414 Å². The van der Waals surface area contributed by atoms with Crippen molar-refractivity contribution in [2.45, 2.75) is 6.18 Å². The smallest absolute Gasteiger partial charge is 0.310 e. The van der Waals surface area contributed by atoms with E-state index in [2.05, 4.69) is 222 Å². The minimum atomic E-state index is -4.42. The molecule has 5 heteroatoms. The molecule has 13 rings (SSSR count). The molecule has 0 aliphatic heterocycles. The predicted molar refractivity (Wildman–Crippen MR) is 295 cm³/mol. The summed E-state index contributed by atoms with van der Waals surface area (Å²) in [6, 6.07) is 89.4. The molecule has 1 heterocycles. The van der Waals surface area contributed by atoms with Crippen LogP contribution in [0.1, 0.15) is 5.56 Å². The molecule has 0 saturated heterocycles. The molecule has 72 heavy (non-hydrogen) atoms. The maximum Gasteiger partial charge on any atom is 0.416 e. The SMILES string of the molecule is FC(F)(F)c1ccc(-c2ccc3c(c2)c2cc(N(c4ccc(-c5cccc6ccccc56)cc4)c4ccc(-c5c6ccccc6c(-c6ccccc6)c6ccccc56)cc4)ccc2n3-c2ccccc2)cc1. The van der Waals surface area contributed by atoms with Gasteiger partial charge in [-0.2, -0.15) is 13.2 Å². The molecular weight excluding hydrogens is 890 g/mol. The first-order valence-electron chi connectivity index (χ1n) is 24.1. The van der Waals surface area contributed by atoms with Crippen molar-refractivity contribution >= 4 is 71.2 Å². The first kappa shape index (κ1) is 42.9. The molecule has 0 atom stereocenters. The van der Waals surface area contributed by atoms with Crippen LogP contribution in [0.3, 0.4) is 0 Å². The number of hydrogen-bond donors (Lipinski definition) is 0. The maximum atomic E-state index is 13.6. The molecule has 12 aromatic carbocycles. The van der Waals surface area contributed by atoms with Crippen molar-refractivity contribution in [3.05, 3.63) is 266 Å². The van der Waals surface area contributed by atoms with E-state index in [-0.39, 0.29) is 0 Å². The van der Waals surface area contributed by atoms with Gasteiger partial charge in [-0.3, -0.25) is 0 Å². The van der Waals surface area contributed by atoms with Gasteiger partial charge in [-0.05, 0) is 156 Å². The van der Waals surface area contributed by atoms with Gasteiger partial charge in [-0.15, -0.1) is 0 Å². The summed E-state index contributed by atoms with van der Waals surface area (Å²) in [6.45, 7) is 0. The second-order valence-corrected chi connectivity index (χ2v) is 18.3. The third kappa shape index (κ3) is 7.37. The lowest BCUT2D eigenvalue weighted by Gasteiger charge is -2.26. The van der Waals surface area contributed by atoms with E-state index in [0.717, 1.165) is 73.4 Å². The Bertz CT molecular complexity index is 4100. The van der Waals surface area contributed by atoms with Crippen molar-refractivity contribution in [2.24, 2.45) is 0 Å². The molecule has 342 valence electrons. The highest BCUT2D eigenvalue weighted by Crippen LogP contribution is 2.46.